The van der Waals surface area contributed by atoms with Gasteiger partial charge in [-0.3, -0.25) is 4.99 Å². The molecule has 3 rings (SSSR count). The van der Waals surface area contributed by atoms with Crippen molar-refractivity contribution in [1.82, 2.24) is 10.6 Å². The Balaban J connectivity index is 0.00000120. The van der Waals surface area contributed by atoms with Gasteiger partial charge in [-0.05, 0) is 37.8 Å². The second-order valence-corrected chi connectivity index (χ2v) is 4.90. The molecule has 2 aliphatic rings. The van der Waals surface area contributed by atoms with E-state index in [9.17, 15) is 0 Å². The van der Waals surface area contributed by atoms with Gasteiger partial charge in [-0.2, -0.15) is 0 Å². The number of furan rings is 1. The van der Waals surface area contributed by atoms with Crippen molar-refractivity contribution >= 4 is 29.9 Å². The maximum atomic E-state index is 5.29. The first-order valence-corrected chi connectivity index (χ1v) is 6.50. The van der Waals surface area contributed by atoms with Crippen molar-refractivity contribution < 1.29 is 4.42 Å². The van der Waals surface area contributed by atoms with Crippen molar-refractivity contribution in [3.63, 3.8) is 0 Å². The third kappa shape index (κ3) is 4.51. The van der Waals surface area contributed by atoms with Gasteiger partial charge in [0.15, 0.2) is 5.96 Å². The summed E-state index contributed by atoms with van der Waals surface area (Å²) in [6.45, 7) is 0.780. The van der Waals surface area contributed by atoms with Gasteiger partial charge >= 0.3 is 0 Å². The van der Waals surface area contributed by atoms with Crippen LogP contribution in [-0.4, -0.2) is 24.6 Å². The number of hydrogen-bond donors (Lipinski definition) is 2. The van der Waals surface area contributed by atoms with E-state index in [2.05, 4.69) is 15.6 Å². The molecule has 0 amide bonds. The highest BCUT2D eigenvalue weighted by Crippen LogP contribution is 2.21. The summed E-state index contributed by atoms with van der Waals surface area (Å²) in [6, 6.07) is 5.23. The average molecular weight is 361 g/mol. The lowest BCUT2D eigenvalue weighted by Crippen LogP contribution is -2.40. The van der Waals surface area contributed by atoms with Crippen molar-refractivity contribution in [2.75, 3.05) is 6.54 Å². The van der Waals surface area contributed by atoms with Crippen LogP contribution in [0.4, 0.5) is 0 Å². The number of nitrogens with zero attached hydrogens (tertiary/aromatic N) is 1. The zero-order valence-electron chi connectivity index (χ0n) is 10.4. The zero-order chi connectivity index (χ0) is 11.5. The van der Waals surface area contributed by atoms with Crippen LogP contribution in [0, 0.1) is 0 Å². The highest BCUT2D eigenvalue weighted by molar-refractivity contribution is 14.0. The highest BCUT2D eigenvalue weighted by atomic mass is 127. The largest absolute Gasteiger partial charge is 0.469 e. The van der Waals surface area contributed by atoms with Gasteiger partial charge in [0.05, 0.1) is 6.26 Å². The van der Waals surface area contributed by atoms with Gasteiger partial charge in [-0.1, -0.05) is 0 Å². The van der Waals surface area contributed by atoms with E-state index in [4.69, 9.17) is 4.42 Å². The number of guanidine groups is 1. The maximum absolute atomic E-state index is 5.29. The highest BCUT2D eigenvalue weighted by Gasteiger charge is 2.26. The molecule has 0 unspecified atom stereocenters. The van der Waals surface area contributed by atoms with Crippen molar-refractivity contribution in [2.24, 2.45) is 4.99 Å². The molecule has 0 spiro atoms. The van der Waals surface area contributed by atoms with Crippen LogP contribution >= 0.6 is 24.0 Å². The van der Waals surface area contributed by atoms with Gasteiger partial charge in [0.25, 0.3) is 0 Å². The van der Waals surface area contributed by atoms with E-state index >= 15 is 0 Å². The van der Waals surface area contributed by atoms with Gasteiger partial charge in [0.1, 0.15) is 5.76 Å². The molecule has 0 saturated heterocycles. The Labute approximate surface area is 125 Å². The maximum Gasteiger partial charge on any atom is 0.191 e. The van der Waals surface area contributed by atoms with Gasteiger partial charge < -0.3 is 15.1 Å². The van der Waals surface area contributed by atoms with Crippen LogP contribution in [0.5, 0.6) is 0 Å². The molecule has 1 heterocycles. The summed E-state index contributed by atoms with van der Waals surface area (Å²) in [5.41, 5.74) is 0. The van der Waals surface area contributed by atoms with E-state index in [-0.39, 0.29) is 24.0 Å². The average Bonchev–Trinajstić information content (AvgIpc) is 3.23. The molecule has 2 saturated carbocycles. The molecule has 2 fully saturated rings. The van der Waals surface area contributed by atoms with E-state index in [1.54, 1.807) is 6.26 Å². The van der Waals surface area contributed by atoms with Gasteiger partial charge in [0, 0.05) is 25.0 Å². The fraction of sp³-hybridized carbons (Fsp3) is 0.615. The quantitative estimate of drug-likeness (QED) is 0.481. The summed E-state index contributed by atoms with van der Waals surface area (Å²) in [7, 11) is 0. The topological polar surface area (TPSA) is 49.6 Å². The van der Waals surface area contributed by atoms with Gasteiger partial charge in [-0.25, -0.2) is 0 Å². The summed E-state index contributed by atoms with van der Waals surface area (Å²) in [5, 5.41) is 6.90. The number of nitrogens with one attached hydrogen (secondary N) is 2. The first-order chi connectivity index (χ1) is 8.40. The standard InChI is InChI=1S/C13H19N3O.HI/c1-2-12(17-9-1)7-8-14-13(15-10-3-4-10)16-11-5-6-11;/h1-2,9-11H,3-8H2,(H2,14,15,16);1H. The number of rotatable bonds is 5. The van der Waals surface area contributed by atoms with Crippen LogP contribution in [0.3, 0.4) is 0 Å². The molecule has 2 aliphatic carbocycles. The first kappa shape index (κ1) is 13.7. The molecule has 2 N–H and O–H groups in total. The Morgan fingerprint density at radius 2 is 1.89 bits per heavy atom. The lowest BCUT2D eigenvalue weighted by molar-refractivity contribution is 0.510. The lowest BCUT2D eigenvalue weighted by Gasteiger charge is -2.10. The summed E-state index contributed by atoms with van der Waals surface area (Å²) >= 11 is 0. The Morgan fingerprint density at radius 1 is 1.22 bits per heavy atom. The summed E-state index contributed by atoms with van der Waals surface area (Å²) < 4.78 is 5.29. The third-order valence-corrected chi connectivity index (χ3v) is 3.04. The van der Waals surface area contributed by atoms with E-state index < -0.39 is 0 Å². The minimum Gasteiger partial charge on any atom is -0.469 e. The smallest absolute Gasteiger partial charge is 0.191 e. The van der Waals surface area contributed by atoms with Crippen LogP contribution in [0.15, 0.2) is 27.8 Å². The SMILES string of the molecule is I.c1coc(CCN=C(NC2CC2)NC2CC2)c1. The molecule has 0 bridgehead atoms. The number of hydrogen-bond acceptors (Lipinski definition) is 2. The second kappa shape index (κ2) is 6.45. The van der Waals surface area contributed by atoms with Gasteiger partial charge in [-0.15, -0.1) is 24.0 Å². The monoisotopic (exact) mass is 361 g/mol. The molecule has 100 valence electrons. The fourth-order valence-electron chi connectivity index (χ4n) is 1.71. The fourth-order valence-corrected chi connectivity index (χ4v) is 1.71. The molecule has 0 aliphatic heterocycles. The predicted molar refractivity (Wildman–Crippen MR) is 82.4 cm³/mol. The van der Waals surface area contributed by atoms with Crippen molar-refractivity contribution in [2.45, 2.75) is 44.2 Å². The first-order valence-electron chi connectivity index (χ1n) is 6.50. The van der Waals surface area contributed by atoms with Crippen molar-refractivity contribution in [1.29, 1.82) is 0 Å². The van der Waals surface area contributed by atoms with Crippen LogP contribution in [0.2, 0.25) is 0 Å². The summed E-state index contributed by atoms with van der Waals surface area (Å²) in [4.78, 5) is 4.59. The molecule has 4 nitrogen and oxygen atoms in total. The van der Waals surface area contributed by atoms with E-state index in [0.717, 1.165) is 24.7 Å². The van der Waals surface area contributed by atoms with E-state index in [1.165, 1.54) is 25.7 Å². The zero-order valence-corrected chi connectivity index (χ0v) is 12.7. The third-order valence-electron chi connectivity index (χ3n) is 3.04. The number of aliphatic imine (C=N–C) groups is 1. The van der Waals surface area contributed by atoms with Crippen molar-refractivity contribution in [3.8, 4) is 0 Å². The second-order valence-electron chi connectivity index (χ2n) is 4.90. The van der Waals surface area contributed by atoms with Crippen LogP contribution in [-0.2, 0) is 6.42 Å². The Bertz CT molecular complexity index is 367. The minimum absolute atomic E-state index is 0. The van der Waals surface area contributed by atoms with Crippen molar-refractivity contribution in [3.05, 3.63) is 24.2 Å². The Hall–Kier alpha value is -0.720. The van der Waals surface area contributed by atoms with Crippen LogP contribution in [0.25, 0.3) is 0 Å². The Morgan fingerprint density at radius 3 is 2.39 bits per heavy atom. The molecule has 0 atom stereocenters. The molecular formula is C13H20IN3O. The van der Waals surface area contributed by atoms with Crippen LogP contribution in [0.1, 0.15) is 31.4 Å². The predicted octanol–water partition coefficient (Wildman–Crippen LogP) is 2.30. The molecule has 0 aromatic carbocycles. The molecular weight excluding hydrogens is 341 g/mol. The molecule has 1 aromatic rings. The molecule has 0 radical (unpaired) electrons. The normalized spacial score (nSPS) is 17.8. The minimum atomic E-state index is 0. The summed E-state index contributed by atoms with van der Waals surface area (Å²) in [6.07, 6.45) is 7.71. The molecule has 5 heteroatoms. The van der Waals surface area contributed by atoms with Gasteiger partial charge in [0.2, 0.25) is 0 Å². The molecule has 1 aromatic heterocycles. The number of halogens is 1. The Kier molecular flexibility index (Phi) is 4.91. The lowest BCUT2D eigenvalue weighted by atomic mass is 10.3. The van der Waals surface area contributed by atoms with Crippen LogP contribution < -0.4 is 10.6 Å². The van der Waals surface area contributed by atoms with E-state index in [1.807, 2.05) is 12.1 Å². The van der Waals surface area contributed by atoms with E-state index in [0.29, 0.717) is 12.1 Å². The molecule has 18 heavy (non-hydrogen) atoms. The summed E-state index contributed by atoms with van der Waals surface area (Å²) in [5.74, 6) is 1.99.